The third-order valence-corrected chi connectivity index (χ3v) is 4.17. The zero-order valence-corrected chi connectivity index (χ0v) is 14.9. The summed E-state index contributed by atoms with van der Waals surface area (Å²) in [5.74, 6) is -0.266. The van der Waals surface area contributed by atoms with Gasteiger partial charge in [-0.05, 0) is 49.0 Å². The Bertz CT molecular complexity index is 879. The van der Waals surface area contributed by atoms with Gasteiger partial charge in [-0.3, -0.25) is 0 Å². The fourth-order valence-corrected chi connectivity index (χ4v) is 2.81. The van der Waals surface area contributed by atoms with Crippen LogP contribution in [0.4, 0.5) is 10.1 Å². The summed E-state index contributed by atoms with van der Waals surface area (Å²) in [6, 6.07) is 13.7. The van der Waals surface area contributed by atoms with Gasteiger partial charge in [0, 0.05) is 16.8 Å². The maximum atomic E-state index is 13.0. The lowest BCUT2D eigenvalue weighted by atomic mass is 10.1. The van der Waals surface area contributed by atoms with Crippen LogP contribution in [0.5, 0.6) is 0 Å². The van der Waals surface area contributed by atoms with Crippen molar-refractivity contribution in [3.05, 3.63) is 71.7 Å². The highest BCUT2D eigenvalue weighted by Gasteiger charge is 2.10. The van der Waals surface area contributed by atoms with Gasteiger partial charge >= 0.3 is 0 Å². The first-order valence-corrected chi connectivity index (χ1v) is 8.45. The average Bonchev–Trinajstić information content (AvgIpc) is 3.11. The summed E-state index contributed by atoms with van der Waals surface area (Å²) in [5.41, 5.74) is 3.84. The van der Waals surface area contributed by atoms with Gasteiger partial charge in [-0.1, -0.05) is 29.4 Å². The molecule has 3 aromatic rings. The summed E-state index contributed by atoms with van der Waals surface area (Å²) in [7, 11) is 0. The van der Waals surface area contributed by atoms with E-state index in [4.69, 9.17) is 16.7 Å². The van der Waals surface area contributed by atoms with Gasteiger partial charge in [0.05, 0.1) is 12.6 Å². The van der Waals surface area contributed by atoms with Crippen LogP contribution in [0.25, 0.3) is 11.3 Å². The summed E-state index contributed by atoms with van der Waals surface area (Å²) < 4.78 is 17.9. The van der Waals surface area contributed by atoms with E-state index >= 15 is 0 Å². The molecule has 1 unspecified atom stereocenters. The van der Waals surface area contributed by atoms with Crippen LogP contribution in [0.3, 0.4) is 0 Å². The highest BCUT2D eigenvalue weighted by atomic mass is 32.1. The van der Waals surface area contributed by atoms with E-state index in [1.807, 2.05) is 31.2 Å². The minimum Gasteiger partial charge on any atom is -0.391 e. The number of hydrogen-bond acceptors (Lipinski definition) is 4. The van der Waals surface area contributed by atoms with E-state index < -0.39 is 0 Å². The molecule has 1 heterocycles. The molecule has 5 nitrogen and oxygen atoms in total. The molecule has 0 spiro atoms. The molecule has 1 atom stereocenters. The van der Waals surface area contributed by atoms with E-state index in [1.54, 1.807) is 12.1 Å². The molecule has 7 heteroatoms. The van der Waals surface area contributed by atoms with Crippen molar-refractivity contribution < 1.29 is 14.0 Å². The smallest absolute Gasteiger partial charge is 0.171 e. The Balaban J connectivity index is 1.61. The Labute approximate surface area is 155 Å². The van der Waals surface area contributed by atoms with Gasteiger partial charge in [-0.15, -0.1) is 0 Å². The highest BCUT2D eigenvalue weighted by molar-refractivity contribution is 7.80. The number of thiocarbonyl (C=S) groups is 1. The SMILES string of the molecule is CC(NC(=S)Nc1ccc(-c2nocc2CO)cc1)c1ccc(F)cc1. The zero-order chi connectivity index (χ0) is 18.5. The minimum absolute atomic E-state index is 0.0582. The van der Waals surface area contributed by atoms with Gasteiger partial charge in [-0.2, -0.15) is 0 Å². The van der Waals surface area contributed by atoms with Gasteiger partial charge in [0.1, 0.15) is 17.8 Å². The van der Waals surface area contributed by atoms with Gasteiger partial charge in [-0.25, -0.2) is 4.39 Å². The Morgan fingerprint density at radius 3 is 2.54 bits per heavy atom. The number of halogens is 1. The topological polar surface area (TPSA) is 70.3 Å². The molecule has 0 saturated heterocycles. The molecule has 0 aliphatic heterocycles. The second-order valence-electron chi connectivity index (χ2n) is 5.80. The molecule has 3 rings (SSSR count). The van der Waals surface area contributed by atoms with Crippen molar-refractivity contribution in [2.24, 2.45) is 0 Å². The summed E-state index contributed by atoms with van der Waals surface area (Å²) in [6.07, 6.45) is 1.43. The Hall–Kier alpha value is -2.77. The normalized spacial score (nSPS) is 11.8. The number of aliphatic hydroxyl groups excluding tert-OH is 1. The second kappa shape index (κ2) is 8.07. The van der Waals surface area contributed by atoms with E-state index in [-0.39, 0.29) is 18.5 Å². The van der Waals surface area contributed by atoms with Crippen LogP contribution in [-0.2, 0) is 6.61 Å². The number of hydrogen-bond donors (Lipinski definition) is 3. The maximum absolute atomic E-state index is 13.0. The van der Waals surface area contributed by atoms with E-state index in [2.05, 4.69) is 15.8 Å². The van der Waals surface area contributed by atoms with Crippen LogP contribution in [0.15, 0.2) is 59.3 Å². The van der Waals surface area contributed by atoms with E-state index in [0.717, 1.165) is 16.8 Å². The van der Waals surface area contributed by atoms with Gasteiger partial charge < -0.3 is 20.3 Å². The number of aromatic nitrogens is 1. The van der Waals surface area contributed by atoms with Crippen LogP contribution in [-0.4, -0.2) is 15.4 Å². The average molecular weight is 371 g/mol. The van der Waals surface area contributed by atoms with Crippen LogP contribution in [0.1, 0.15) is 24.1 Å². The summed E-state index contributed by atoms with van der Waals surface area (Å²) >= 11 is 5.33. The Morgan fingerprint density at radius 1 is 1.19 bits per heavy atom. The number of anilines is 1. The quantitative estimate of drug-likeness (QED) is 0.589. The lowest BCUT2D eigenvalue weighted by Gasteiger charge is -2.17. The minimum atomic E-state index is -0.266. The summed E-state index contributed by atoms with van der Waals surface area (Å²) in [5, 5.41) is 19.9. The van der Waals surface area contributed by atoms with Crippen LogP contribution >= 0.6 is 12.2 Å². The molecule has 0 aliphatic carbocycles. The van der Waals surface area contributed by atoms with Crippen molar-refractivity contribution in [3.63, 3.8) is 0 Å². The van der Waals surface area contributed by atoms with Gasteiger partial charge in [0.25, 0.3) is 0 Å². The molecule has 134 valence electrons. The third kappa shape index (κ3) is 4.25. The predicted octanol–water partition coefficient (Wildman–Crippen LogP) is 4.02. The molecule has 0 aliphatic rings. The first-order chi connectivity index (χ1) is 12.6. The lowest BCUT2D eigenvalue weighted by Crippen LogP contribution is -2.30. The van der Waals surface area contributed by atoms with Crippen molar-refractivity contribution in [2.45, 2.75) is 19.6 Å². The molecule has 0 radical (unpaired) electrons. The number of nitrogens with zero attached hydrogens (tertiary/aromatic N) is 1. The monoisotopic (exact) mass is 371 g/mol. The molecule has 3 N–H and O–H groups in total. The fourth-order valence-electron chi connectivity index (χ4n) is 2.52. The Kier molecular flexibility index (Phi) is 5.60. The third-order valence-electron chi connectivity index (χ3n) is 3.95. The maximum Gasteiger partial charge on any atom is 0.171 e. The van der Waals surface area contributed by atoms with E-state index in [1.165, 1.54) is 18.4 Å². The summed E-state index contributed by atoms with van der Waals surface area (Å²) in [4.78, 5) is 0. The van der Waals surface area contributed by atoms with Crippen molar-refractivity contribution in [3.8, 4) is 11.3 Å². The second-order valence-corrected chi connectivity index (χ2v) is 6.20. The number of rotatable bonds is 5. The first-order valence-electron chi connectivity index (χ1n) is 8.04. The van der Waals surface area contributed by atoms with Crippen molar-refractivity contribution in [2.75, 3.05) is 5.32 Å². The molecule has 26 heavy (non-hydrogen) atoms. The molecule has 0 bridgehead atoms. The first kappa shape index (κ1) is 18.0. The standard InChI is InChI=1S/C19H18FN3O2S/c1-12(13-2-6-16(20)7-3-13)21-19(26)22-17-8-4-14(5-9-17)18-15(10-24)11-25-23-18/h2-9,11-12,24H,10H2,1H3,(H2,21,22,26). The summed E-state index contributed by atoms with van der Waals surface area (Å²) in [6.45, 7) is 1.82. The van der Waals surface area contributed by atoms with Crippen LogP contribution in [0, 0.1) is 5.82 Å². The van der Waals surface area contributed by atoms with Crippen molar-refractivity contribution >= 4 is 23.0 Å². The molecule has 0 saturated carbocycles. The molecular weight excluding hydrogens is 353 g/mol. The zero-order valence-electron chi connectivity index (χ0n) is 14.1. The van der Waals surface area contributed by atoms with E-state index in [9.17, 15) is 9.50 Å². The number of nitrogens with one attached hydrogen (secondary N) is 2. The molecule has 0 amide bonds. The van der Waals surface area contributed by atoms with Crippen molar-refractivity contribution in [1.29, 1.82) is 0 Å². The largest absolute Gasteiger partial charge is 0.391 e. The Morgan fingerprint density at radius 2 is 1.88 bits per heavy atom. The van der Waals surface area contributed by atoms with Crippen LogP contribution < -0.4 is 10.6 Å². The van der Waals surface area contributed by atoms with E-state index in [0.29, 0.717) is 16.4 Å². The highest BCUT2D eigenvalue weighted by Crippen LogP contribution is 2.24. The molecular formula is C19H18FN3O2S. The molecule has 0 fully saturated rings. The fraction of sp³-hybridized carbons (Fsp3) is 0.158. The van der Waals surface area contributed by atoms with Gasteiger partial charge in [0.15, 0.2) is 5.11 Å². The van der Waals surface area contributed by atoms with Crippen molar-refractivity contribution in [1.82, 2.24) is 10.5 Å². The number of aliphatic hydroxyl groups is 1. The predicted molar refractivity (Wildman–Crippen MR) is 102 cm³/mol. The molecule has 1 aromatic heterocycles. The number of benzene rings is 2. The van der Waals surface area contributed by atoms with Gasteiger partial charge in [0.2, 0.25) is 0 Å². The van der Waals surface area contributed by atoms with Crippen LogP contribution in [0.2, 0.25) is 0 Å². The molecule has 2 aromatic carbocycles. The lowest BCUT2D eigenvalue weighted by molar-refractivity contribution is 0.280.